The smallest absolute Gasteiger partial charge is 0.329 e. The first-order chi connectivity index (χ1) is 28.3. The third kappa shape index (κ3) is 16.3. The van der Waals surface area contributed by atoms with Crippen LogP contribution in [0.15, 0.2) is 0 Å². The third-order valence-electron chi connectivity index (χ3n) is 11.5. The SMILES string of the molecule is CCCCC[C@H]1OC(=O)[C@H](C)N(C)C(=O)[C@@H](CCCCC)OC(=O)[C@H](C)N(C)C(=O)[C@@H](CCCCC)OC(=O)[C@H](C)N(C)C(=O)[C@@H](CCCCC)OC(=O)[C@H](C)N(C)C1=O. The van der Waals surface area contributed by atoms with Gasteiger partial charge in [-0.3, -0.25) is 19.2 Å². The van der Waals surface area contributed by atoms with Gasteiger partial charge < -0.3 is 38.5 Å². The number of hydrogen-bond donors (Lipinski definition) is 0. The molecule has 0 aliphatic carbocycles. The number of carbonyl (C=O) groups excluding carboxylic acids is 8. The van der Waals surface area contributed by atoms with Crippen LogP contribution in [0.25, 0.3) is 0 Å². The van der Waals surface area contributed by atoms with Gasteiger partial charge >= 0.3 is 23.9 Å². The van der Waals surface area contributed by atoms with Gasteiger partial charge in [-0.1, -0.05) is 79.1 Å². The second-order valence-electron chi connectivity index (χ2n) is 16.2. The minimum Gasteiger partial charge on any atom is -0.451 e. The van der Waals surface area contributed by atoms with Crippen molar-refractivity contribution in [1.82, 2.24) is 19.6 Å². The van der Waals surface area contributed by atoms with Crippen molar-refractivity contribution in [3.63, 3.8) is 0 Å². The maximum Gasteiger partial charge on any atom is 0.329 e. The van der Waals surface area contributed by atoms with Gasteiger partial charge in [-0.2, -0.15) is 0 Å². The molecule has 16 heteroatoms. The highest BCUT2D eigenvalue weighted by Crippen LogP contribution is 2.21. The molecule has 0 aromatic carbocycles. The Bertz CT molecular complexity index is 1220. The summed E-state index contributed by atoms with van der Waals surface area (Å²) in [6.07, 6.45) is 3.70. The number of ether oxygens (including phenoxy) is 4. The van der Waals surface area contributed by atoms with E-state index in [0.717, 1.165) is 71.0 Å². The average Bonchev–Trinajstić information content (AvgIpc) is 3.23. The topological polar surface area (TPSA) is 186 Å². The molecule has 8 atom stereocenters. The molecule has 0 aromatic heterocycles. The van der Waals surface area contributed by atoms with Gasteiger partial charge in [0.1, 0.15) is 24.2 Å². The molecular formula is C44H76N4O12. The molecule has 1 aliphatic rings. The van der Waals surface area contributed by atoms with Gasteiger partial charge in [0.05, 0.1) is 0 Å². The lowest BCUT2D eigenvalue weighted by molar-refractivity contribution is -0.176. The van der Waals surface area contributed by atoms with Crippen molar-refractivity contribution in [2.45, 2.75) is 207 Å². The lowest BCUT2D eigenvalue weighted by Gasteiger charge is -2.33. The van der Waals surface area contributed by atoms with Crippen LogP contribution in [-0.4, -0.2) is 144 Å². The summed E-state index contributed by atoms with van der Waals surface area (Å²) >= 11 is 0. The second-order valence-corrected chi connectivity index (χ2v) is 16.2. The second kappa shape index (κ2) is 27.6. The van der Waals surface area contributed by atoms with E-state index in [0.29, 0.717) is 25.7 Å². The Balaban J connectivity index is 3.81. The van der Waals surface area contributed by atoms with Crippen molar-refractivity contribution >= 4 is 47.5 Å². The Morgan fingerprint density at radius 3 is 0.650 bits per heavy atom. The van der Waals surface area contributed by atoms with Crippen LogP contribution in [0, 0.1) is 0 Å². The number of nitrogens with zero attached hydrogens (tertiary/aromatic N) is 4. The summed E-state index contributed by atoms with van der Waals surface area (Å²) in [4.78, 5) is 115. The summed E-state index contributed by atoms with van der Waals surface area (Å²) in [5.41, 5.74) is 0. The van der Waals surface area contributed by atoms with E-state index in [9.17, 15) is 38.4 Å². The number of esters is 4. The van der Waals surface area contributed by atoms with Crippen LogP contribution in [0.3, 0.4) is 0 Å². The van der Waals surface area contributed by atoms with E-state index >= 15 is 0 Å². The van der Waals surface area contributed by atoms with Crippen molar-refractivity contribution < 1.29 is 57.3 Å². The molecule has 1 heterocycles. The predicted molar refractivity (Wildman–Crippen MR) is 225 cm³/mol. The Morgan fingerprint density at radius 2 is 0.500 bits per heavy atom. The summed E-state index contributed by atoms with van der Waals surface area (Å²) in [6.45, 7) is 13.7. The number of carbonyl (C=O) groups is 8. The van der Waals surface area contributed by atoms with Crippen molar-refractivity contribution in [2.24, 2.45) is 0 Å². The molecule has 1 aliphatic heterocycles. The van der Waals surface area contributed by atoms with Crippen molar-refractivity contribution in [3.8, 4) is 0 Å². The number of hydrogen-bond acceptors (Lipinski definition) is 12. The quantitative estimate of drug-likeness (QED) is 0.110. The molecule has 0 bridgehead atoms. The van der Waals surface area contributed by atoms with Gasteiger partial charge in [-0.25, -0.2) is 19.2 Å². The number of rotatable bonds is 16. The zero-order valence-electron chi connectivity index (χ0n) is 38.6. The molecule has 16 nitrogen and oxygen atoms in total. The highest BCUT2D eigenvalue weighted by atomic mass is 16.6. The minimum absolute atomic E-state index is 0.145. The van der Waals surface area contributed by atoms with Crippen LogP contribution in [0.2, 0.25) is 0 Å². The largest absolute Gasteiger partial charge is 0.451 e. The fourth-order valence-electron chi connectivity index (χ4n) is 6.51. The molecule has 0 radical (unpaired) electrons. The zero-order chi connectivity index (χ0) is 45.7. The summed E-state index contributed by atoms with van der Waals surface area (Å²) < 4.78 is 23.1. The minimum atomic E-state index is -1.31. The van der Waals surface area contributed by atoms with Gasteiger partial charge in [-0.05, 0) is 79.1 Å². The number of amides is 4. The molecule has 0 spiro atoms. The summed E-state index contributed by atoms with van der Waals surface area (Å²) in [6, 6.07) is -4.84. The Morgan fingerprint density at radius 1 is 0.333 bits per heavy atom. The highest BCUT2D eigenvalue weighted by molar-refractivity contribution is 5.94. The van der Waals surface area contributed by atoms with Gasteiger partial charge in [0.15, 0.2) is 24.4 Å². The van der Waals surface area contributed by atoms with Crippen LogP contribution in [0.1, 0.15) is 158 Å². The van der Waals surface area contributed by atoms with E-state index in [4.69, 9.17) is 18.9 Å². The normalized spacial score (nSPS) is 26.7. The van der Waals surface area contributed by atoms with Crippen LogP contribution < -0.4 is 0 Å². The molecule has 1 rings (SSSR count). The fourth-order valence-corrected chi connectivity index (χ4v) is 6.51. The molecule has 0 unspecified atom stereocenters. The van der Waals surface area contributed by atoms with Crippen LogP contribution in [0.5, 0.6) is 0 Å². The molecule has 0 aromatic rings. The molecule has 60 heavy (non-hydrogen) atoms. The third-order valence-corrected chi connectivity index (χ3v) is 11.5. The lowest BCUT2D eigenvalue weighted by Crippen LogP contribution is -2.53. The standard InChI is InChI=1S/C44H76N4O12/c1-13-17-21-25-33-37(49)45(9)30(6)42(54)58-35(27-23-19-15-3)39(51)47(11)32(8)44(56)60-36(28-24-20-16-4)40(52)48(12)31(7)43(55)59-34(26-22-18-14-2)38(50)46(10)29(5)41(53)57-33/h29-36H,13-28H2,1-12H3/t29-,30-,31-,32-,33+,34+,35+,36+/m0/s1. The molecule has 1 saturated heterocycles. The van der Waals surface area contributed by atoms with E-state index < -0.39 is 96.1 Å². The lowest BCUT2D eigenvalue weighted by atomic mass is 10.1. The Labute approximate surface area is 358 Å². The van der Waals surface area contributed by atoms with E-state index in [2.05, 4.69) is 0 Å². The van der Waals surface area contributed by atoms with E-state index in [1.807, 2.05) is 27.7 Å². The Kier molecular flexibility index (Phi) is 24.7. The van der Waals surface area contributed by atoms with Gasteiger partial charge in [0.2, 0.25) is 0 Å². The maximum atomic E-state index is 14.0. The van der Waals surface area contributed by atoms with Gasteiger partial charge in [0.25, 0.3) is 23.6 Å². The number of likely N-dealkylation sites (N-methyl/N-ethyl adjacent to an activating group) is 4. The van der Waals surface area contributed by atoms with E-state index in [1.54, 1.807) is 0 Å². The molecular weight excluding hydrogens is 776 g/mol. The molecule has 344 valence electrons. The summed E-state index contributed by atoms with van der Waals surface area (Å²) in [7, 11) is 5.51. The summed E-state index contributed by atoms with van der Waals surface area (Å²) in [5, 5.41) is 0. The van der Waals surface area contributed by atoms with Gasteiger partial charge in [0, 0.05) is 28.2 Å². The highest BCUT2D eigenvalue weighted by Gasteiger charge is 2.40. The van der Waals surface area contributed by atoms with Crippen molar-refractivity contribution in [3.05, 3.63) is 0 Å². The first-order valence-electron chi connectivity index (χ1n) is 22.2. The Hall–Kier alpha value is -4.24. The first kappa shape index (κ1) is 53.8. The molecule has 0 N–H and O–H groups in total. The van der Waals surface area contributed by atoms with Crippen molar-refractivity contribution in [1.29, 1.82) is 0 Å². The monoisotopic (exact) mass is 853 g/mol. The number of unbranched alkanes of at least 4 members (excludes halogenated alkanes) is 8. The maximum absolute atomic E-state index is 14.0. The van der Waals surface area contributed by atoms with Crippen LogP contribution in [-0.2, 0) is 57.3 Å². The molecule has 0 saturated carbocycles. The summed E-state index contributed by atoms with van der Waals surface area (Å²) in [5.74, 6) is -6.19. The molecule has 1 fully saturated rings. The van der Waals surface area contributed by atoms with Crippen LogP contribution in [0.4, 0.5) is 0 Å². The fraction of sp³-hybridized carbons (Fsp3) is 0.818. The molecule has 4 amide bonds. The zero-order valence-corrected chi connectivity index (χ0v) is 38.6. The first-order valence-corrected chi connectivity index (χ1v) is 22.2. The van der Waals surface area contributed by atoms with Crippen LogP contribution >= 0.6 is 0 Å². The van der Waals surface area contributed by atoms with E-state index in [-0.39, 0.29) is 25.7 Å². The van der Waals surface area contributed by atoms with Gasteiger partial charge in [-0.15, -0.1) is 0 Å². The predicted octanol–water partition coefficient (Wildman–Crippen LogP) is 5.36. The van der Waals surface area contributed by atoms with Crippen molar-refractivity contribution in [2.75, 3.05) is 28.2 Å². The average molecular weight is 853 g/mol. The van der Waals surface area contributed by atoms with E-state index in [1.165, 1.54) is 55.9 Å². The number of cyclic esters (lactones) is 4.